The summed E-state index contributed by atoms with van der Waals surface area (Å²) in [6.07, 6.45) is 3.59. The largest absolute Gasteiger partial charge is 0.493 e. The Balaban J connectivity index is 1.51. The number of hydrogen-bond acceptors (Lipinski definition) is 5. The summed E-state index contributed by atoms with van der Waals surface area (Å²) in [5.74, 6) is 1.97. The van der Waals surface area contributed by atoms with Gasteiger partial charge in [0.05, 0.1) is 20.3 Å². The Bertz CT molecular complexity index is 872. The van der Waals surface area contributed by atoms with Gasteiger partial charge in [-0.1, -0.05) is 23.8 Å². The fourth-order valence-corrected chi connectivity index (χ4v) is 3.88. The SMILES string of the molecule is COc1cccc(OC2CCC(NC(=O)C(C)(C)Nc3ccc(C)cc3)CC2)c1OC. The van der Waals surface area contributed by atoms with Crippen LogP contribution in [0.3, 0.4) is 0 Å². The third-order valence-corrected chi connectivity index (χ3v) is 5.75. The van der Waals surface area contributed by atoms with E-state index in [4.69, 9.17) is 14.2 Å². The summed E-state index contributed by atoms with van der Waals surface area (Å²) in [4.78, 5) is 12.9. The van der Waals surface area contributed by atoms with Gasteiger partial charge in [0.2, 0.25) is 11.7 Å². The molecule has 31 heavy (non-hydrogen) atoms. The monoisotopic (exact) mass is 426 g/mol. The molecule has 1 saturated carbocycles. The topological polar surface area (TPSA) is 68.8 Å². The number of aryl methyl sites for hydroxylation is 1. The molecule has 6 heteroatoms. The zero-order valence-electron chi connectivity index (χ0n) is 19.2. The molecule has 0 heterocycles. The van der Waals surface area contributed by atoms with Crippen molar-refractivity contribution in [2.75, 3.05) is 19.5 Å². The highest BCUT2D eigenvalue weighted by molar-refractivity contribution is 5.88. The zero-order chi connectivity index (χ0) is 22.4. The summed E-state index contributed by atoms with van der Waals surface area (Å²) >= 11 is 0. The van der Waals surface area contributed by atoms with E-state index >= 15 is 0 Å². The standard InChI is InChI=1S/C25H34N2O4/c1-17-9-11-19(12-10-17)27-25(2,3)24(28)26-18-13-15-20(16-14-18)31-22-8-6-7-21(29-4)23(22)30-5/h6-12,18,20,27H,13-16H2,1-5H3,(H,26,28). The minimum Gasteiger partial charge on any atom is -0.493 e. The number of amides is 1. The molecule has 0 atom stereocenters. The van der Waals surface area contributed by atoms with Crippen LogP contribution in [-0.2, 0) is 4.79 Å². The maximum Gasteiger partial charge on any atom is 0.245 e. The normalized spacial score (nSPS) is 18.7. The van der Waals surface area contributed by atoms with Gasteiger partial charge in [-0.2, -0.15) is 0 Å². The third-order valence-electron chi connectivity index (χ3n) is 5.75. The number of para-hydroxylation sites is 1. The van der Waals surface area contributed by atoms with Crippen molar-refractivity contribution in [3.05, 3.63) is 48.0 Å². The Morgan fingerprint density at radius 3 is 2.19 bits per heavy atom. The molecule has 0 aliphatic heterocycles. The minimum atomic E-state index is -0.698. The zero-order valence-corrected chi connectivity index (χ0v) is 19.2. The van der Waals surface area contributed by atoms with Crippen molar-refractivity contribution in [3.63, 3.8) is 0 Å². The number of benzene rings is 2. The fourth-order valence-electron chi connectivity index (χ4n) is 3.88. The summed E-state index contributed by atoms with van der Waals surface area (Å²) in [6, 6.07) is 13.9. The van der Waals surface area contributed by atoms with E-state index in [-0.39, 0.29) is 18.1 Å². The van der Waals surface area contributed by atoms with Gasteiger partial charge < -0.3 is 24.8 Å². The van der Waals surface area contributed by atoms with Gasteiger partial charge >= 0.3 is 0 Å². The molecule has 3 rings (SSSR count). The molecule has 0 unspecified atom stereocenters. The first-order chi connectivity index (χ1) is 14.8. The van der Waals surface area contributed by atoms with Gasteiger partial charge in [0.1, 0.15) is 5.54 Å². The van der Waals surface area contributed by atoms with Gasteiger partial charge in [-0.3, -0.25) is 4.79 Å². The van der Waals surface area contributed by atoms with Crippen molar-refractivity contribution < 1.29 is 19.0 Å². The average Bonchev–Trinajstić information content (AvgIpc) is 2.76. The highest BCUT2D eigenvalue weighted by Gasteiger charge is 2.31. The Hall–Kier alpha value is -2.89. The molecule has 0 saturated heterocycles. The van der Waals surface area contributed by atoms with Crippen LogP contribution < -0.4 is 24.8 Å². The quantitative estimate of drug-likeness (QED) is 0.640. The highest BCUT2D eigenvalue weighted by atomic mass is 16.5. The smallest absolute Gasteiger partial charge is 0.245 e. The van der Waals surface area contributed by atoms with Crippen LogP contribution in [0.5, 0.6) is 17.2 Å². The van der Waals surface area contributed by atoms with Crippen LogP contribution in [0.15, 0.2) is 42.5 Å². The van der Waals surface area contributed by atoms with Gasteiger partial charge in [-0.25, -0.2) is 0 Å². The lowest BCUT2D eigenvalue weighted by Gasteiger charge is -2.33. The second kappa shape index (κ2) is 9.94. The Labute approximate surface area is 185 Å². The van der Waals surface area contributed by atoms with Crippen LogP contribution in [0.4, 0.5) is 5.69 Å². The van der Waals surface area contributed by atoms with E-state index in [1.165, 1.54) is 5.56 Å². The molecule has 0 spiro atoms. The molecule has 0 aromatic heterocycles. The number of ether oxygens (including phenoxy) is 3. The molecule has 2 N–H and O–H groups in total. The molecule has 1 amide bonds. The first kappa shape index (κ1) is 22.8. The molecule has 1 aliphatic carbocycles. The number of nitrogens with one attached hydrogen (secondary N) is 2. The van der Waals surface area contributed by atoms with Crippen LogP contribution in [-0.4, -0.2) is 37.8 Å². The van der Waals surface area contributed by atoms with Crippen LogP contribution >= 0.6 is 0 Å². The molecule has 2 aromatic rings. The number of carbonyl (C=O) groups excluding carboxylic acids is 1. The first-order valence-corrected chi connectivity index (χ1v) is 10.9. The molecule has 1 fully saturated rings. The van der Waals surface area contributed by atoms with E-state index < -0.39 is 5.54 Å². The van der Waals surface area contributed by atoms with Crippen molar-refractivity contribution in [1.29, 1.82) is 0 Å². The summed E-state index contributed by atoms with van der Waals surface area (Å²) < 4.78 is 17.0. The predicted octanol–water partition coefficient (Wildman–Crippen LogP) is 4.71. The van der Waals surface area contributed by atoms with E-state index in [2.05, 4.69) is 10.6 Å². The first-order valence-electron chi connectivity index (χ1n) is 10.9. The average molecular weight is 427 g/mol. The molecule has 0 bridgehead atoms. The lowest BCUT2D eigenvalue weighted by molar-refractivity contribution is -0.125. The van der Waals surface area contributed by atoms with Gasteiger partial charge in [0.15, 0.2) is 11.5 Å². The van der Waals surface area contributed by atoms with Crippen molar-refractivity contribution in [1.82, 2.24) is 5.32 Å². The third kappa shape index (κ3) is 5.84. The molecular weight excluding hydrogens is 392 g/mol. The van der Waals surface area contributed by atoms with Crippen molar-refractivity contribution in [2.24, 2.45) is 0 Å². The van der Waals surface area contributed by atoms with Crippen molar-refractivity contribution >= 4 is 11.6 Å². The van der Waals surface area contributed by atoms with E-state index in [0.717, 1.165) is 31.4 Å². The number of rotatable bonds is 8. The second-order valence-electron chi connectivity index (χ2n) is 8.67. The maximum absolute atomic E-state index is 12.9. The van der Waals surface area contributed by atoms with Crippen LogP contribution in [0.1, 0.15) is 45.1 Å². The fraction of sp³-hybridized carbons (Fsp3) is 0.480. The molecular formula is C25H34N2O4. The van der Waals surface area contributed by atoms with E-state index in [9.17, 15) is 4.79 Å². The number of methoxy groups -OCH3 is 2. The molecule has 0 radical (unpaired) electrons. The highest BCUT2D eigenvalue weighted by Crippen LogP contribution is 2.38. The Kier molecular flexibility index (Phi) is 7.31. The summed E-state index contributed by atoms with van der Waals surface area (Å²) in [6.45, 7) is 5.87. The van der Waals surface area contributed by atoms with Crippen LogP contribution in [0, 0.1) is 6.92 Å². The van der Waals surface area contributed by atoms with Gasteiger partial charge in [0, 0.05) is 11.7 Å². The van der Waals surface area contributed by atoms with Crippen LogP contribution in [0.2, 0.25) is 0 Å². The number of hydrogen-bond donors (Lipinski definition) is 2. The maximum atomic E-state index is 12.9. The summed E-state index contributed by atoms with van der Waals surface area (Å²) in [5, 5.41) is 6.55. The minimum absolute atomic E-state index is 0.00640. The Morgan fingerprint density at radius 1 is 0.935 bits per heavy atom. The number of carbonyl (C=O) groups is 1. The lowest BCUT2D eigenvalue weighted by Crippen LogP contribution is -2.52. The molecule has 168 valence electrons. The molecule has 6 nitrogen and oxygen atoms in total. The van der Waals surface area contributed by atoms with Gasteiger partial charge in [0.25, 0.3) is 0 Å². The Morgan fingerprint density at radius 2 is 1.58 bits per heavy atom. The summed E-state index contributed by atoms with van der Waals surface area (Å²) in [5.41, 5.74) is 1.43. The molecule has 2 aromatic carbocycles. The number of anilines is 1. The van der Waals surface area contributed by atoms with Crippen molar-refractivity contribution in [2.45, 2.75) is 64.1 Å². The van der Waals surface area contributed by atoms with E-state index in [1.54, 1.807) is 14.2 Å². The van der Waals surface area contributed by atoms with E-state index in [1.807, 2.05) is 63.2 Å². The molecule has 1 aliphatic rings. The second-order valence-corrected chi connectivity index (χ2v) is 8.67. The van der Waals surface area contributed by atoms with E-state index in [0.29, 0.717) is 17.2 Å². The predicted molar refractivity (Wildman–Crippen MR) is 123 cm³/mol. The summed E-state index contributed by atoms with van der Waals surface area (Å²) in [7, 11) is 3.23. The van der Waals surface area contributed by atoms with Crippen molar-refractivity contribution in [3.8, 4) is 17.2 Å². The van der Waals surface area contributed by atoms with Gasteiger partial charge in [-0.05, 0) is 70.7 Å². The van der Waals surface area contributed by atoms with Crippen LogP contribution in [0.25, 0.3) is 0 Å². The lowest BCUT2D eigenvalue weighted by atomic mass is 9.92. The van der Waals surface area contributed by atoms with Gasteiger partial charge in [-0.15, -0.1) is 0 Å².